The fraction of sp³-hybridized carbons (Fsp3) is 0.150. The van der Waals surface area contributed by atoms with Gasteiger partial charge in [-0.25, -0.2) is 4.98 Å². The molecule has 0 fully saturated rings. The summed E-state index contributed by atoms with van der Waals surface area (Å²) in [6, 6.07) is 11.3. The Morgan fingerprint density at radius 1 is 1.07 bits per heavy atom. The number of benzene rings is 1. The van der Waals surface area contributed by atoms with Crippen molar-refractivity contribution in [3.63, 3.8) is 0 Å². The maximum atomic E-state index is 5.68. The van der Waals surface area contributed by atoms with Crippen molar-refractivity contribution in [2.45, 2.75) is 0 Å². The van der Waals surface area contributed by atoms with E-state index in [2.05, 4.69) is 20.3 Å². The maximum Gasteiger partial charge on any atom is 0.131 e. The summed E-state index contributed by atoms with van der Waals surface area (Å²) in [6.07, 6.45) is 4.94. The van der Waals surface area contributed by atoms with E-state index in [1.807, 2.05) is 36.4 Å². The van der Waals surface area contributed by atoms with Crippen LogP contribution in [0.1, 0.15) is 5.56 Å². The lowest BCUT2D eigenvalue weighted by molar-refractivity contribution is 0.395. The number of aromatic nitrogens is 2. The highest BCUT2D eigenvalue weighted by Gasteiger charge is 2.06. The number of aliphatic imine (C=N–C) groups is 1. The number of allylic oxidation sites excluding steroid dienone is 1. The fourth-order valence-electron chi connectivity index (χ4n) is 2.61. The first-order valence-corrected chi connectivity index (χ1v) is 8.28. The molecular formula is C20H21N5O2. The number of pyridine rings is 2. The van der Waals surface area contributed by atoms with E-state index in [1.165, 1.54) is 6.20 Å². The number of methoxy groups -OCH3 is 2. The van der Waals surface area contributed by atoms with Gasteiger partial charge in [-0.3, -0.25) is 9.98 Å². The van der Waals surface area contributed by atoms with Crippen LogP contribution in [0.15, 0.2) is 53.8 Å². The molecule has 2 heterocycles. The lowest BCUT2D eigenvalue weighted by atomic mass is 10.1. The van der Waals surface area contributed by atoms with Gasteiger partial charge in [-0.2, -0.15) is 0 Å². The number of nitrogens with two attached hydrogens (primary N) is 1. The third-order valence-electron chi connectivity index (χ3n) is 3.94. The van der Waals surface area contributed by atoms with Crippen LogP contribution in [0.3, 0.4) is 0 Å². The molecule has 0 saturated heterocycles. The van der Waals surface area contributed by atoms with Crippen LogP contribution in [0.2, 0.25) is 0 Å². The van der Waals surface area contributed by atoms with Crippen LogP contribution in [0.4, 0.5) is 11.5 Å². The van der Waals surface area contributed by atoms with E-state index >= 15 is 0 Å². The third kappa shape index (κ3) is 4.14. The quantitative estimate of drug-likeness (QED) is 0.652. The zero-order valence-corrected chi connectivity index (χ0v) is 15.4. The van der Waals surface area contributed by atoms with Crippen molar-refractivity contribution in [2.75, 3.05) is 26.6 Å². The molecule has 0 saturated carbocycles. The third-order valence-corrected chi connectivity index (χ3v) is 3.94. The Labute approximate surface area is 157 Å². The van der Waals surface area contributed by atoms with Crippen LogP contribution in [-0.2, 0) is 0 Å². The van der Waals surface area contributed by atoms with Crippen molar-refractivity contribution in [3.8, 4) is 11.5 Å². The number of ether oxygens (including phenoxy) is 2. The van der Waals surface area contributed by atoms with Crippen molar-refractivity contribution in [1.29, 1.82) is 0 Å². The van der Waals surface area contributed by atoms with Gasteiger partial charge in [0.2, 0.25) is 0 Å². The molecule has 0 unspecified atom stereocenters. The molecule has 0 amide bonds. The van der Waals surface area contributed by atoms with E-state index in [-0.39, 0.29) is 0 Å². The van der Waals surface area contributed by atoms with Crippen LogP contribution in [0.5, 0.6) is 11.5 Å². The molecule has 3 N–H and O–H groups in total. The average Bonchev–Trinajstić information content (AvgIpc) is 2.71. The summed E-state index contributed by atoms with van der Waals surface area (Å²) in [5.41, 5.74) is 9.66. The maximum absolute atomic E-state index is 5.68. The lowest BCUT2D eigenvalue weighted by Gasteiger charge is -2.11. The monoisotopic (exact) mass is 363 g/mol. The molecule has 7 heteroatoms. The minimum atomic E-state index is 0.680. The summed E-state index contributed by atoms with van der Waals surface area (Å²) in [6.45, 7) is 0. The van der Waals surface area contributed by atoms with Crippen molar-refractivity contribution < 1.29 is 9.47 Å². The molecule has 27 heavy (non-hydrogen) atoms. The minimum Gasteiger partial charge on any atom is -0.497 e. The van der Waals surface area contributed by atoms with Gasteiger partial charge < -0.3 is 20.5 Å². The molecule has 2 aromatic heterocycles. The number of rotatable bonds is 6. The van der Waals surface area contributed by atoms with Gasteiger partial charge in [0.25, 0.3) is 0 Å². The highest BCUT2D eigenvalue weighted by Crippen LogP contribution is 2.28. The van der Waals surface area contributed by atoms with Crippen LogP contribution >= 0.6 is 0 Å². The molecule has 1 aromatic carbocycles. The Morgan fingerprint density at radius 2 is 1.81 bits per heavy atom. The van der Waals surface area contributed by atoms with Crippen molar-refractivity contribution >= 4 is 34.3 Å². The highest BCUT2D eigenvalue weighted by molar-refractivity contribution is 6.10. The molecule has 3 rings (SSSR count). The minimum absolute atomic E-state index is 0.680. The number of hydrogen-bond acceptors (Lipinski definition) is 7. The smallest absolute Gasteiger partial charge is 0.131 e. The van der Waals surface area contributed by atoms with Gasteiger partial charge in [0.05, 0.1) is 25.3 Å². The van der Waals surface area contributed by atoms with E-state index in [9.17, 15) is 0 Å². The number of hydrogen-bond donors (Lipinski definition) is 2. The summed E-state index contributed by atoms with van der Waals surface area (Å²) in [5, 5.41) is 3.27. The first-order chi connectivity index (χ1) is 13.2. The number of nitrogens with one attached hydrogen (secondary N) is 1. The second kappa shape index (κ2) is 8.18. The molecule has 3 aromatic rings. The van der Waals surface area contributed by atoms with E-state index in [0.717, 1.165) is 27.9 Å². The summed E-state index contributed by atoms with van der Waals surface area (Å²) in [5.74, 6) is 2.07. The zero-order valence-electron chi connectivity index (χ0n) is 15.4. The standard InChI is InChI=1S/C20H21N5O2/c1-22-11-14(10-21)13-6-19-18(23-12-13)4-5-20(25-19)24-15-7-16(26-2)9-17(8-15)27-3/h4-12H,21H2,1-3H3,(H,24,25)/b14-10+,22-11?. The van der Waals surface area contributed by atoms with Crippen molar-refractivity contribution in [1.82, 2.24) is 9.97 Å². The molecule has 0 bridgehead atoms. The zero-order chi connectivity index (χ0) is 19.2. The molecule has 7 nitrogen and oxygen atoms in total. The summed E-state index contributed by atoms with van der Waals surface area (Å²) in [4.78, 5) is 13.1. The largest absolute Gasteiger partial charge is 0.497 e. The Hall–Kier alpha value is -3.61. The Bertz CT molecular complexity index is 992. The van der Waals surface area contributed by atoms with Crippen LogP contribution in [0.25, 0.3) is 16.6 Å². The van der Waals surface area contributed by atoms with E-state index in [4.69, 9.17) is 15.2 Å². The van der Waals surface area contributed by atoms with E-state index in [0.29, 0.717) is 17.3 Å². The van der Waals surface area contributed by atoms with Crippen molar-refractivity contribution in [3.05, 3.63) is 54.4 Å². The van der Waals surface area contributed by atoms with Crippen LogP contribution < -0.4 is 20.5 Å². The van der Waals surface area contributed by atoms with Gasteiger partial charge in [-0.15, -0.1) is 0 Å². The topological polar surface area (TPSA) is 94.7 Å². The normalized spacial score (nSPS) is 11.7. The van der Waals surface area contributed by atoms with Gasteiger partial charge in [0.15, 0.2) is 0 Å². The first kappa shape index (κ1) is 18.2. The second-order valence-electron chi connectivity index (χ2n) is 5.69. The molecule has 0 spiro atoms. The highest BCUT2D eigenvalue weighted by atomic mass is 16.5. The SMILES string of the molecule is CN=C/C(=C\N)c1cnc2ccc(Nc3cc(OC)cc(OC)c3)nc2c1. The molecule has 0 aliphatic heterocycles. The number of anilines is 2. The summed E-state index contributed by atoms with van der Waals surface area (Å²) in [7, 11) is 4.92. The number of fused-ring (bicyclic) bond motifs is 1. The summed E-state index contributed by atoms with van der Waals surface area (Å²) < 4.78 is 10.6. The summed E-state index contributed by atoms with van der Waals surface area (Å²) >= 11 is 0. The number of nitrogens with zero attached hydrogens (tertiary/aromatic N) is 3. The van der Waals surface area contributed by atoms with Gasteiger partial charge >= 0.3 is 0 Å². The van der Waals surface area contributed by atoms with Crippen LogP contribution in [-0.4, -0.2) is 37.4 Å². The Kier molecular flexibility index (Phi) is 5.51. The van der Waals surface area contributed by atoms with Gasteiger partial charge in [-0.05, 0) is 18.2 Å². The van der Waals surface area contributed by atoms with Gasteiger partial charge in [0, 0.05) is 60.7 Å². The molecule has 0 atom stereocenters. The van der Waals surface area contributed by atoms with Crippen molar-refractivity contribution in [2.24, 2.45) is 10.7 Å². The predicted molar refractivity (Wildman–Crippen MR) is 109 cm³/mol. The Balaban J connectivity index is 1.96. The Morgan fingerprint density at radius 3 is 2.44 bits per heavy atom. The lowest BCUT2D eigenvalue weighted by Crippen LogP contribution is -1.97. The molecule has 0 aliphatic carbocycles. The predicted octanol–water partition coefficient (Wildman–Crippen LogP) is 3.39. The fourth-order valence-corrected chi connectivity index (χ4v) is 2.61. The molecular weight excluding hydrogens is 342 g/mol. The van der Waals surface area contributed by atoms with Gasteiger partial charge in [-0.1, -0.05) is 0 Å². The second-order valence-corrected chi connectivity index (χ2v) is 5.69. The molecule has 0 aliphatic rings. The average molecular weight is 363 g/mol. The first-order valence-electron chi connectivity index (χ1n) is 8.28. The van der Waals surface area contributed by atoms with E-state index < -0.39 is 0 Å². The molecule has 0 radical (unpaired) electrons. The van der Waals surface area contributed by atoms with Gasteiger partial charge in [0.1, 0.15) is 17.3 Å². The van der Waals surface area contributed by atoms with E-state index in [1.54, 1.807) is 33.7 Å². The molecule has 138 valence electrons. The van der Waals surface area contributed by atoms with Crippen LogP contribution in [0, 0.1) is 0 Å².